The fourth-order valence-corrected chi connectivity index (χ4v) is 4.76. The molecule has 0 amide bonds. The first kappa shape index (κ1) is 15.7. The number of rotatable bonds is 4. The second-order valence-electron chi connectivity index (χ2n) is 7.45. The first-order chi connectivity index (χ1) is 10.3. The summed E-state index contributed by atoms with van der Waals surface area (Å²) < 4.78 is 0. The molecule has 2 heterocycles. The van der Waals surface area contributed by atoms with Gasteiger partial charge in [-0.15, -0.1) is 0 Å². The minimum absolute atomic E-state index is 0.00557. The topological polar surface area (TPSA) is 38.7 Å². The van der Waals surface area contributed by atoms with Crippen molar-refractivity contribution in [2.45, 2.75) is 69.0 Å². The maximum Gasteiger partial charge on any atom is 0.0613 e. The molecule has 2 N–H and O–H groups in total. The Hall–Kier alpha value is -0.160. The van der Waals surface area contributed by atoms with E-state index >= 15 is 0 Å². The molecule has 4 heteroatoms. The Labute approximate surface area is 129 Å². The molecule has 2 atom stereocenters. The lowest BCUT2D eigenvalue weighted by molar-refractivity contribution is 0.0690. The molecule has 0 bridgehead atoms. The summed E-state index contributed by atoms with van der Waals surface area (Å²) in [6.45, 7) is 5.47. The summed E-state index contributed by atoms with van der Waals surface area (Å²) in [6.07, 6.45) is 10.4. The summed E-state index contributed by atoms with van der Waals surface area (Å²) in [7, 11) is 2.00. The van der Waals surface area contributed by atoms with Crippen LogP contribution in [0.3, 0.4) is 0 Å². The molecule has 3 fully saturated rings. The van der Waals surface area contributed by atoms with Crippen molar-refractivity contribution in [2.75, 3.05) is 39.8 Å². The van der Waals surface area contributed by atoms with Gasteiger partial charge in [0.15, 0.2) is 0 Å². The van der Waals surface area contributed by atoms with E-state index in [0.717, 1.165) is 18.9 Å². The number of hydrogen-bond acceptors (Lipinski definition) is 4. The molecule has 0 radical (unpaired) electrons. The van der Waals surface area contributed by atoms with E-state index in [1.807, 2.05) is 7.05 Å². The van der Waals surface area contributed by atoms with Crippen molar-refractivity contribution < 1.29 is 5.11 Å². The first-order valence-electron chi connectivity index (χ1n) is 9.04. The molecule has 0 aromatic carbocycles. The number of nitrogens with zero attached hydrogens (tertiary/aromatic N) is 2. The highest BCUT2D eigenvalue weighted by atomic mass is 16.3. The predicted molar refractivity (Wildman–Crippen MR) is 86.5 cm³/mol. The number of aliphatic hydroxyl groups is 1. The van der Waals surface area contributed by atoms with Crippen LogP contribution in [0.5, 0.6) is 0 Å². The highest BCUT2D eigenvalue weighted by molar-refractivity contribution is 4.99. The SMILES string of the molecule is CNC1(CO)CCC(N2CCC(N3CCCCC3)CC2)C1. The lowest BCUT2D eigenvalue weighted by Gasteiger charge is -2.42. The van der Waals surface area contributed by atoms with Crippen molar-refractivity contribution in [2.24, 2.45) is 0 Å². The fourth-order valence-electron chi connectivity index (χ4n) is 4.76. The van der Waals surface area contributed by atoms with Crippen molar-refractivity contribution >= 4 is 0 Å². The van der Waals surface area contributed by atoms with Gasteiger partial charge in [0.25, 0.3) is 0 Å². The molecule has 2 unspecified atom stereocenters. The van der Waals surface area contributed by atoms with Gasteiger partial charge in [-0.05, 0) is 78.2 Å². The fraction of sp³-hybridized carbons (Fsp3) is 1.00. The zero-order valence-electron chi connectivity index (χ0n) is 13.7. The minimum Gasteiger partial charge on any atom is -0.394 e. The minimum atomic E-state index is -0.00557. The third-order valence-corrected chi connectivity index (χ3v) is 6.34. The van der Waals surface area contributed by atoms with Crippen LogP contribution in [-0.4, -0.2) is 72.4 Å². The van der Waals surface area contributed by atoms with Crippen LogP contribution in [0.15, 0.2) is 0 Å². The lowest BCUT2D eigenvalue weighted by Crippen LogP contribution is -2.50. The van der Waals surface area contributed by atoms with E-state index in [-0.39, 0.29) is 12.1 Å². The Bertz CT molecular complexity index is 318. The van der Waals surface area contributed by atoms with Gasteiger partial charge in [-0.25, -0.2) is 0 Å². The Balaban J connectivity index is 1.47. The maximum absolute atomic E-state index is 9.66. The quantitative estimate of drug-likeness (QED) is 0.823. The third kappa shape index (κ3) is 3.44. The van der Waals surface area contributed by atoms with Crippen LogP contribution in [0.1, 0.15) is 51.4 Å². The average molecular weight is 295 g/mol. The van der Waals surface area contributed by atoms with E-state index in [9.17, 15) is 5.11 Å². The monoisotopic (exact) mass is 295 g/mol. The summed E-state index contributed by atoms with van der Waals surface area (Å²) in [5.74, 6) is 0. The van der Waals surface area contributed by atoms with E-state index in [4.69, 9.17) is 0 Å². The van der Waals surface area contributed by atoms with Crippen LogP contribution in [0.25, 0.3) is 0 Å². The smallest absolute Gasteiger partial charge is 0.0613 e. The van der Waals surface area contributed by atoms with Crippen molar-refractivity contribution in [1.82, 2.24) is 15.1 Å². The third-order valence-electron chi connectivity index (χ3n) is 6.34. The van der Waals surface area contributed by atoms with Gasteiger partial charge < -0.3 is 20.2 Å². The Morgan fingerprint density at radius 1 is 0.952 bits per heavy atom. The number of likely N-dealkylation sites (tertiary alicyclic amines) is 2. The van der Waals surface area contributed by atoms with Crippen LogP contribution >= 0.6 is 0 Å². The molecule has 3 rings (SSSR count). The van der Waals surface area contributed by atoms with Crippen molar-refractivity contribution in [3.63, 3.8) is 0 Å². The van der Waals surface area contributed by atoms with Gasteiger partial charge in [-0.3, -0.25) is 0 Å². The number of nitrogens with one attached hydrogen (secondary N) is 1. The summed E-state index contributed by atoms with van der Waals surface area (Å²) in [5.41, 5.74) is -0.00557. The second kappa shape index (κ2) is 6.95. The van der Waals surface area contributed by atoms with Gasteiger partial charge in [0.2, 0.25) is 0 Å². The highest BCUT2D eigenvalue weighted by Gasteiger charge is 2.40. The maximum atomic E-state index is 9.66. The lowest BCUT2D eigenvalue weighted by atomic mass is 9.96. The summed E-state index contributed by atoms with van der Waals surface area (Å²) in [6, 6.07) is 1.53. The Morgan fingerprint density at radius 3 is 2.19 bits per heavy atom. The molecule has 0 aromatic heterocycles. The largest absolute Gasteiger partial charge is 0.394 e. The number of hydrogen-bond donors (Lipinski definition) is 2. The Morgan fingerprint density at radius 2 is 1.62 bits per heavy atom. The van der Waals surface area contributed by atoms with E-state index < -0.39 is 0 Å². The van der Waals surface area contributed by atoms with Crippen LogP contribution in [0.2, 0.25) is 0 Å². The molecule has 4 nitrogen and oxygen atoms in total. The molecule has 1 aliphatic carbocycles. The molecular weight excluding hydrogens is 262 g/mol. The molecule has 0 spiro atoms. The van der Waals surface area contributed by atoms with Gasteiger partial charge in [0.05, 0.1) is 6.61 Å². The van der Waals surface area contributed by atoms with Gasteiger partial charge in [-0.2, -0.15) is 0 Å². The summed E-state index contributed by atoms with van der Waals surface area (Å²) >= 11 is 0. The van der Waals surface area contributed by atoms with Crippen LogP contribution in [0, 0.1) is 0 Å². The zero-order chi connectivity index (χ0) is 14.7. The van der Waals surface area contributed by atoms with Crippen molar-refractivity contribution in [3.8, 4) is 0 Å². The van der Waals surface area contributed by atoms with Gasteiger partial charge in [0.1, 0.15) is 0 Å². The number of aliphatic hydroxyl groups excluding tert-OH is 1. The molecule has 2 aliphatic heterocycles. The molecule has 0 aromatic rings. The van der Waals surface area contributed by atoms with Crippen LogP contribution in [0.4, 0.5) is 0 Å². The van der Waals surface area contributed by atoms with E-state index in [1.54, 1.807) is 0 Å². The average Bonchev–Trinajstić information content (AvgIpc) is 3.01. The molecular formula is C17H33N3O. The van der Waals surface area contributed by atoms with Gasteiger partial charge in [-0.1, -0.05) is 6.42 Å². The van der Waals surface area contributed by atoms with Crippen LogP contribution < -0.4 is 5.32 Å². The number of likely N-dealkylation sites (N-methyl/N-ethyl adjacent to an activating group) is 1. The normalized spacial score (nSPS) is 37.1. The first-order valence-corrected chi connectivity index (χ1v) is 9.04. The van der Waals surface area contributed by atoms with E-state index in [2.05, 4.69) is 15.1 Å². The Kier molecular flexibility index (Phi) is 5.20. The predicted octanol–water partition coefficient (Wildman–Crippen LogP) is 1.44. The zero-order valence-corrected chi connectivity index (χ0v) is 13.7. The molecule has 1 saturated carbocycles. The summed E-state index contributed by atoms with van der Waals surface area (Å²) in [4.78, 5) is 5.45. The molecule has 122 valence electrons. The van der Waals surface area contributed by atoms with E-state index in [1.165, 1.54) is 64.7 Å². The molecule has 2 saturated heterocycles. The standard InChI is InChI=1S/C17H33N3O/c1-18-17(14-21)8-5-16(13-17)20-11-6-15(7-12-20)19-9-3-2-4-10-19/h15-16,18,21H,2-14H2,1H3. The number of piperidine rings is 2. The van der Waals surface area contributed by atoms with E-state index in [0.29, 0.717) is 6.04 Å². The van der Waals surface area contributed by atoms with Crippen molar-refractivity contribution in [3.05, 3.63) is 0 Å². The van der Waals surface area contributed by atoms with Gasteiger partial charge in [0, 0.05) is 17.6 Å². The van der Waals surface area contributed by atoms with Gasteiger partial charge >= 0.3 is 0 Å². The molecule has 3 aliphatic rings. The summed E-state index contributed by atoms with van der Waals surface area (Å²) in [5, 5.41) is 13.0. The molecule has 21 heavy (non-hydrogen) atoms. The van der Waals surface area contributed by atoms with Crippen LogP contribution in [-0.2, 0) is 0 Å². The highest BCUT2D eigenvalue weighted by Crippen LogP contribution is 2.34. The second-order valence-corrected chi connectivity index (χ2v) is 7.45. The van der Waals surface area contributed by atoms with Crippen molar-refractivity contribution in [1.29, 1.82) is 0 Å².